The number of carbonyl (C=O) groups excluding carboxylic acids is 2. The Balaban J connectivity index is 1.59. The number of morpholine rings is 1. The van der Waals surface area contributed by atoms with E-state index in [9.17, 15) is 9.59 Å². The van der Waals surface area contributed by atoms with E-state index < -0.39 is 12.1 Å². The maximum Gasteiger partial charge on any atom is 0.311 e. The molecule has 0 radical (unpaired) electrons. The minimum Gasteiger partial charge on any atom is -0.452 e. The van der Waals surface area contributed by atoms with Gasteiger partial charge in [-0.15, -0.1) is 0 Å². The summed E-state index contributed by atoms with van der Waals surface area (Å²) in [4.78, 5) is 29.6. The zero-order valence-electron chi connectivity index (χ0n) is 14.8. The molecule has 2 aromatic rings. The highest BCUT2D eigenvalue weighted by Crippen LogP contribution is 2.19. The molecule has 1 fully saturated rings. The highest BCUT2D eigenvalue weighted by Gasteiger charge is 2.30. The fourth-order valence-corrected chi connectivity index (χ4v) is 3.34. The normalized spacial score (nSPS) is 22.0. The number of ether oxygens (including phenoxy) is 2. The van der Waals surface area contributed by atoms with Crippen molar-refractivity contribution < 1.29 is 19.1 Å². The van der Waals surface area contributed by atoms with Crippen molar-refractivity contribution in [3.8, 4) is 0 Å². The first kappa shape index (κ1) is 17.5. The lowest BCUT2D eigenvalue weighted by molar-refractivity contribution is -0.164. The van der Waals surface area contributed by atoms with Gasteiger partial charge in [-0.3, -0.25) is 9.59 Å². The third-order valence-corrected chi connectivity index (χ3v) is 4.40. The zero-order chi connectivity index (χ0) is 18.0. The third kappa shape index (κ3) is 4.02. The number of nitrogens with zero attached hydrogens (tertiary/aromatic N) is 1. The van der Waals surface area contributed by atoms with Crippen molar-refractivity contribution in [2.45, 2.75) is 45.5 Å². The van der Waals surface area contributed by atoms with Gasteiger partial charge in [0, 0.05) is 30.2 Å². The van der Waals surface area contributed by atoms with Gasteiger partial charge in [0.1, 0.15) is 0 Å². The molecular weight excluding hydrogens is 320 g/mol. The number of esters is 1. The van der Waals surface area contributed by atoms with Gasteiger partial charge in [-0.05, 0) is 32.4 Å². The van der Waals surface area contributed by atoms with Gasteiger partial charge in [-0.25, -0.2) is 0 Å². The highest BCUT2D eigenvalue weighted by atomic mass is 16.5. The molecular formula is C19H24N2O4. The Bertz CT molecular complexity index is 760. The van der Waals surface area contributed by atoms with Gasteiger partial charge in [-0.2, -0.15) is 0 Å². The van der Waals surface area contributed by atoms with Crippen LogP contribution in [0, 0.1) is 0 Å². The van der Waals surface area contributed by atoms with Crippen molar-refractivity contribution in [1.82, 2.24) is 9.88 Å². The zero-order valence-corrected chi connectivity index (χ0v) is 14.8. The number of hydrogen-bond acceptors (Lipinski definition) is 4. The molecule has 1 saturated heterocycles. The summed E-state index contributed by atoms with van der Waals surface area (Å²) in [6, 6.07) is 7.78. The number of fused-ring (bicyclic) bond motifs is 1. The third-order valence-electron chi connectivity index (χ3n) is 4.40. The van der Waals surface area contributed by atoms with Crippen LogP contribution in [0.15, 0.2) is 30.5 Å². The highest BCUT2D eigenvalue weighted by molar-refractivity contribution is 5.88. The number of amides is 1. The van der Waals surface area contributed by atoms with Gasteiger partial charge < -0.3 is 19.4 Å². The molecule has 6 nitrogen and oxygen atoms in total. The lowest BCUT2D eigenvalue weighted by Gasteiger charge is -2.36. The first-order valence-corrected chi connectivity index (χ1v) is 8.62. The summed E-state index contributed by atoms with van der Waals surface area (Å²) >= 11 is 0. The average Bonchev–Trinajstić information content (AvgIpc) is 2.96. The van der Waals surface area contributed by atoms with Crippen LogP contribution in [0.25, 0.3) is 10.9 Å². The van der Waals surface area contributed by atoms with Crippen molar-refractivity contribution in [3.63, 3.8) is 0 Å². The summed E-state index contributed by atoms with van der Waals surface area (Å²) < 4.78 is 11.0. The monoisotopic (exact) mass is 344 g/mol. The fourth-order valence-electron chi connectivity index (χ4n) is 3.34. The van der Waals surface area contributed by atoms with Crippen molar-refractivity contribution in [2.24, 2.45) is 0 Å². The van der Waals surface area contributed by atoms with Crippen LogP contribution >= 0.6 is 0 Å². The topological polar surface area (TPSA) is 71.6 Å². The standard InChI is InChI=1S/C19H24N2O4/c1-12-10-21(11-13(2)24-12)19(23)14(3)25-18(22)8-15-9-20-17-7-5-4-6-16(15)17/h4-7,9,12-14,20H,8,10-11H2,1-3H3/t12-,13+,14-/m0/s1. The number of aromatic nitrogens is 1. The Kier molecular flexibility index (Phi) is 5.08. The quantitative estimate of drug-likeness (QED) is 0.864. The molecule has 3 atom stereocenters. The van der Waals surface area contributed by atoms with Crippen LogP contribution in [-0.4, -0.2) is 53.2 Å². The largest absolute Gasteiger partial charge is 0.452 e. The molecule has 1 aliphatic rings. The van der Waals surface area contributed by atoms with Gasteiger partial charge in [0.2, 0.25) is 0 Å². The van der Waals surface area contributed by atoms with Crippen LogP contribution in [0.2, 0.25) is 0 Å². The van der Waals surface area contributed by atoms with Crippen molar-refractivity contribution in [3.05, 3.63) is 36.0 Å². The molecule has 0 bridgehead atoms. The van der Waals surface area contributed by atoms with Crippen LogP contribution in [0.4, 0.5) is 0 Å². The average molecular weight is 344 g/mol. The number of hydrogen-bond donors (Lipinski definition) is 1. The van der Waals surface area contributed by atoms with Crippen LogP contribution < -0.4 is 0 Å². The van der Waals surface area contributed by atoms with Crippen LogP contribution in [0.3, 0.4) is 0 Å². The van der Waals surface area contributed by atoms with E-state index in [1.807, 2.05) is 44.3 Å². The predicted molar refractivity (Wildman–Crippen MR) is 94.1 cm³/mol. The molecule has 0 spiro atoms. The SMILES string of the molecule is C[C@@H]1CN(C(=O)[C@H](C)OC(=O)Cc2c[nH]c3ccccc23)C[C@H](C)O1. The molecule has 134 valence electrons. The van der Waals surface area contributed by atoms with Gasteiger partial charge in [-0.1, -0.05) is 18.2 Å². The van der Waals surface area contributed by atoms with E-state index in [2.05, 4.69) is 4.98 Å². The van der Waals surface area contributed by atoms with Gasteiger partial charge >= 0.3 is 5.97 Å². The van der Waals surface area contributed by atoms with Crippen LogP contribution in [-0.2, 0) is 25.5 Å². The minimum absolute atomic E-state index is 0.0122. The molecule has 0 saturated carbocycles. The Morgan fingerprint density at radius 1 is 1.28 bits per heavy atom. The summed E-state index contributed by atoms with van der Waals surface area (Å²) in [5.74, 6) is -0.575. The molecule has 1 aromatic heterocycles. The van der Waals surface area contributed by atoms with Gasteiger partial charge in [0.05, 0.1) is 18.6 Å². The molecule has 1 aliphatic heterocycles. The number of H-pyrrole nitrogens is 1. The second-order valence-corrected chi connectivity index (χ2v) is 6.67. The van der Waals surface area contributed by atoms with E-state index in [-0.39, 0.29) is 24.5 Å². The molecule has 0 unspecified atom stereocenters. The fraction of sp³-hybridized carbons (Fsp3) is 0.474. The van der Waals surface area contributed by atoms with E-state index >= 15 is 0 Å². The van der Waals surface area contributed by atoms with E-state index in [4.69, 9.17) is 9.47 Å². The molecule has 25 heavy (non-hydrogen) atoms. The summed E-state index contributed by atoms with van der Waals surface area (Å²) in [6.07, 6.45) is 1.13. The molecule has 0 aliphatic carbocycles. The molecule has 1 N–H and O–H groups in total. The molecule has 6 heteroatoms. The van der Waals surface area contributed by atoms with E-state index in [0.29, 0.717) is 13.1 Å². The van der Waals surface area contributed by atoms with E-state index in [1.54, 1.807) is 11.8 Å². The van der Waals surface area contributed by atoms with Crippen molar-refractivity contribution in [2.75, 3.05) is 13.1 Å². The first-order chi connectivity index (χ1) is 11.9. The van der Waals surface area contributed by atoms with Crippen LogP contribution in [0.5, 0.6) is 0 Å². The summed E-state index contributed by atoms with van der Waals surface area (Å²) in [5.41, 5.74) is 1.85. The lowest BCUT2D eigenvalue weighted by atomic mass is 10.1. The number of carbonyl (C=O) groups is 2. The van der Waals surface area contributed by atoms with E-state index in [1.165, 1.54) is 0 Å². The maximum absolute atomic E-state index is 12.5. The number of nitrogens with one attached hydrogen (secondary N) is 1. The van der Waals surface area contributed by atoms with Gasteiger partial charge in [0.25, 0.3) is 5.91 Å². The summed E-state index contributed by atoms with van der Waals surface area (Å²) in [6.45, 7) is 6.54. The smallest absolute Gasteiger partial charge is 0.311 e. The predicted octanol–water partition coefficient (Wildman–Crippen LogP) is 2.28. The van der Waals surface area contributed by atoms with Crippen molar-refractivity contribution in [1.29, 1.82) is 0 Å². The second-order valence-electron chi connectivity index (χ2n) is 6.67. The molecule has 2 heterocycles. The van der Waals surface area contributed by atoms with E-state index in [0.717, 1.165) is 16.5 Å². The minimum atomic E-state index is -0.796. The Labute approximate surface area is 147 Å². The van der Waals surface area contributed by atoms with Crippen LogP contribution in [0.1, 0.15) is 26.3 Å². The lowest BCUT2D eigenvalue weighted by Crippen LogP contribution is -2.51. The Hall–Kier alpha value is -2.34. The maximum atomic E-state index is 12.5. The first-order valence-electron chi connectivity index (χ1n) is 8.62. The summed E-state index contributed by atoms with van der Waals surface area (Å²) in [7, 11) is 0. The second kappa shape index (κ2) is 7.27. The number of para-hydroxylation sites is 1. The number of rotatable bonds is 4. The Morgan fingerprint density at radius 3 is 2.68 bits per heavy atom. The molecule has 1 amide bonds. The number of benzene rings is 1. The van der Waals surface area contributed by atoms with Crippen molar-refractivity contribution >= 4 is 22.8 Å². The number of aromatic amines is 1. The summed E-state index contributed by atoms with van der Waals surface area (Å²) in [5, 5.41) is 0.995. The molecule has 3 rings (SSSR count). The van der Waals surface area contributed by atoms with Gasteiger partial charge in [0.15, 0.2) is 6.10 Å². The Morgan fingerprint density at radius 2 is 1.96 bits per heavy atom. The molecule has 1 aromatic carbocycles.